The summed E-state index contributed by atoms with van der Waals surface area (Å²) in [6, 6.07) is 8.63. The highest BCUT2D eigenvalue weighted by Crippen LogP contribution is 2.35. The van der Waals surface area contributed by atoms with E-state index in [4.69, 9.17) is 5.73 Å². The minimum atomic E-state index is 0.580. The number of rotatable bonds is 5. The van der Waals surface area contributed by atoms with Crippen LogP contribution in [0.15, 0.2) is 30.6 Å². The summed E-state index contributed by atoms with van der Waals surface area (Å²) in [5.74, 6) is 2.07. The van der Waals surface area contributed by atoms with Crippen molar-refractivity contribution < 1.29 is 0 Å². The van der Waals surface area contributed by atoms with Gasteiger partial charge in [-0.1, -0.05) is 37.6 Å². The second kappa shape index (κ2) is 5.49. The molecule has 0 amide bonds. The van der Waals surface area contributed by atoms with E-state index >= 15 is 0 Å². The van der Waals surface area contributed by atoms with Gasteiger partial charge in [0, 0.05) is 18.0 Å². The van der Waals surface area contributed by atoms with Crippen molar-refractivity contribution in [3.8, 4) is 0 Å². The number of nitrogens with two attached hydrogens (primary N) is 1. The highest BCUT2D eigenvalue weighted by Gasteiger charge is 2.25. The van der Waals surface area contributed by atoms with Crippen LogP contribution in [0.3, 0.4) is 0 Å². The smallest absolute Gasteiger partial charge is 0.134 e. The number of nitrogens with one attached hydrogen (secondary N) is 1. The van der Waals surface area contributed by atoms with Crippen LogP contribution in [0.1, 0.15) is 36.0 Å². The molecule has 1 aromatic carbocycles. The van der Waals surface area contributed by atoms with Crippen molar-refractivity contribution in [1.29, 1.82) is 0 Å². The van der Waals surface area contributed by atoms with Crippen LogP contribution in [0.25, 0.3) is 0 Å². The van der Waals surface area contributed by atoms with Gasteiger partial charge in [-0.3, -0.25) is 0 Å². The Bertz CT molecular complexity index is 609. The normalized spacial score (nSPS) is 16.4. The number of nitrogen functional groups attached to an aromatic ring is 1. The maximum absolute atomic E-state index is 5.95. The molecule has 20 heavy (non-hydrogen) atoms. The average Bonchev–Trinajstić information content (AvgIpc) is 2.43. The molecule has 3 rings (SSSR count). The number of nitrogens with zero attached hydrogens (tertiary/aromatic N) is 2. The molecule has 104 valence electrons. The minimum Gasteiger partial charge on any atom is -0.383 e. The number of hydrogen-bond donors (Lipinski definition) is 2. The third-order valence-corrected chi connectivity index (χ3v) is 3.96. The Labute approximate surface area is 119 Å². The van der Waals surface area contributed by atoms with Crippen molar-refractivity contribution >= 4 is 11.6 Å². The van der Waals surface area contributed by atoms with E-state index in [-0.39, 0.29) is 0 Å². The standard InChI is InChI=1S/C16H20N4/c1-2-5-14-15(17)19-10-20-16(14)18-9-12-8-11-6-3-4-7-13(11)12/h3-4,6-7,10,12H,2,5,8-9H2,1H3,(H3,17,18,19,20). The van der Waals surface area contributed by atoms with Gasteiger partial charge in [0.1, 0.15) is 18.0 Å². The van der Waals surface area contributed by atoms with E-state index < -0.39 is 0 Å². The molecule has 1 aromatic heterocycles. The summed E-state index contributed by atoms with van der Waals surface area (Å²) in [6.07, 6.45) is 4.63. The van der Waals surface area contributed by atoms with Crippen molar-refractivity contribution in [3.63, 3.8) is 0 Å². The molecule has 1 aliphatic rings. The first-order chi connectivity index (χ1) is 9.79. The molecule has 0 radical (unpaired) electrons. The summed E-state index contributed by atoms with van der Waals surface area (Å²) in [5, 5.41) is 3.45. The van der Waals surface area contributed by atoms with Crippen molar-refractivity contribution in [2.45, 2.75) is 32.1 Å². The van der Waals surface area contributed by atoms with Gasteiger partial charge in [-0.05, 0) is 24.0 Å². The van der Waals surface area contributed by atoms with E-state index in [1.807, 2.05) is 0 Å². The zero-order valence-corrected chi connectivity index (χ0v) is 11.8. The lowest BCUT2D eigenvalue weighted by atomic mass is 9.77. The Morgan fingerprint density at radius 2 is 2.15 bits per heavy atom. The summed E-state index contributed by atoms with van der Waals surface area (Å²) in [6.45, 7) is 3.04. The molecule has 3 N–H and O–H groups in total. The average molecular weight is 268 g/mol. The van der Waals surface area contributed by atoms with Gasteiger partial charge < -0.3 is 11.1 Å². The zero-order valence-electron chi connectivity index (χ0n) is 11.8. The lowest BCUT2D eigenvalue weighted by Gasteiger charge is -2.30. The second-order valence-electron chi connectivity index (χ2n) is 5.32. The third kappa shape index (κ3) is 2.33. The fourth-order valence-electron chi connectivity index (χ4n) is 2.84. The van der Waals surface area contributed by atoms with E-state index in [2.05, 4.69) is 46.5 Å². The predicted octanol–water partition coefficient (Wildman–Crippen LogP) is 2.76. The fraction of sp³-hybridized carbons (Fsp3) is 0.375. The molecule has 0 bridgehead atoms. The Balaban J connectivity index is 1.69. The van der Waals surface area contributed by atoms with Gasteiger partial charge in [-0.2, -0.15) is 0 Å². The maximum Gasteiger partial charge on any atom is 0.134 e. The third-order valence-electron chi connectivity index (χ3n) is 3.96. The Morgan fingerprint density at radius 3 is 2.95 bits per heavy atom. The summed E-state index contributed by atoms with van der Waals surface area (Å²) in [5.41, 5.74) is 9.92. The van der Waals surface area contributed by atoms with Gasteiger partial charge in [0.05, 0.1) is 0 Å². The molecular formula is C16H20N4. The molecule has 1 atom stereocenters. The van der Waals surface area contributed by atoms with Gasteiger partial charge in [-0.25, -0.2) is 9.97 Å². The van der Waals surface area contributed by atoms with Crippen molar-refractivity contribution in [3.05, 3.63) is 47.3 Å². The molecule has 1 unspecified atom stereocenters. The second-order valence-corrected chi connectivity index (χ2v) is 5.32. The molecule has 4 heteroatoms. The first kappa shape index (κ1) is 12.9. The van der Waals surface area contributed by atoms with Crippen LogP contribution in [-0.4, -0.2) is 16.5 Å². The minimum absolute atomic E-state index is 0.580. The molecule has 0 aliphatic heterocycles. The molecule has 0 saturated heterocycles. The molecule has 0 spiro atoms. The van der Waals surface area contributed by atoms with Gasteiger partial charge in [0.25, 0.3) is 0 Å². The largest absolute Gasteiger partial charge is 0.383 e. The monoisotopic (exact) mass is 268 g/mol. The van der Waals surface area contributed by atoms with E-state index in [9.17, 15) is 0 Å². The molecule has 0 fully saturated rings. The van der Waals surface area contributed by atoms with Crippen LogP contribution < -0.4 is 11.1 Å². The summed E-state index contributed by atoms with van der Waals surface area (Å²) in [4.78, 5) is 8.42. The predicted molar refractivity (Wildman–Crippen MR) is 81.8 cm³/mol. The summed E-state index contributed by atoms with van der Waals surface area (Å²) in [7, 11) is 0. The highest BCUT2D eigenvalue weighted by atomic mass is 15.0. The number of hydrogen-bond acceptors (Lipinski definition) is 4. The van der Waals surface area contributed by atoms with Gasteiger partial charge >= 0.3 is 0 Å². The van der Waals surface area contributed by atoms with Crippen LogP contribution in [0.2, 0.25) is 0 Å². The van der Waals surface area contributed by atoms with Crippen molar-refractivity contribution in [2.24, 2.45) is 0 Å². The number of fused-ring (bicyclic) bond motifs is 1. The Morgan fingerprint density at radius 1 is 1.30 bits per heavy atom. The number of aromatic nitrogens is 2. The molecular weight excluding hydrogens is 248 g/mol. The van der Waals surface area contributed by atoms with Gasteiger partial charge in [0.15, 0.2) is 0 Å². The number of benzene rings is 1. The molecule has 4 nitrogen and oxygen atoms in total. The molecule has 2 aromatic rings. The van der Waals surface area contributed by atoms with E-state index in [1.165, 1.54) is 17.5 Å². The Kier molecular flexibility index (Phi) is 3.54. The number of anilines is 2. The zero-order chi connectivity index (χ0) is 13.9. The van der Waals surface area contributed by atoms with E-state index in [0.29, 0.717) is 11.7 Å². The van der Waals surface area contributed by atoms with Crippen LogP contribution in [0.5, 0.6) is 0 Å². The van der Waals surface area contributed by atoms with Gasteiger partial charge in [-0.15, -0.1) is 0 Å². The van der Waals surface area contributed by atoms with Crippen LogP contribution >= 0.6 is 0 Å². The first-order valence-corrected chi connectivity index (χ1v) is 7.20. The van der Waals surface area contributed by atoms with Gasteiger partial charge in [0.2, 0.25) is 0 Å². The lowest BCUT2D eigenvalue weighted by molar-refractivity contribution is 0.634. The van der Waals surface area contributed by atoms with Crippen molar-refractivity contribution in [1.82, 2.24) is 9.97 Å². The topological polar surface area (TPSA) is 63.8 Å². The van der Waals surface area contributed by atoms with Crippen LogP contribution in [0, 0.1) is 0 Å². The summed E-state index contributed by atoms with van der Waals surface area (Å²) < 4.78 is 0. The lowest BCUT2D eigenvalue weighted by Crippen LogP contribution is -2.25. The molecule has 1 heterocycles. The van der Waals surface area contributed by atoms with Crippen LogP contribution in [-0.2, 0) is 12.8 Å². The SMILES string of the molecule is CCCc1c(N)ncnc1NCC1Cc2ccccc21. The fourth-order valence-corrected chi connectivity index (χ4v) is 2.84. The maximum atomic E-state index is 5.95. The highest BCUT2D eigenvalue weighted by molar-refractivity contribution is 5.55. The Hall–Kier alpha value is -2.10. The van der Waals surface area contributed by atoms with Crippen molar-refractivity contribution in [2.75, 3.05) is 17.6 Å². The summed E-state index contributed by atoms with van der Waals surface area (Å²) >= 11 is 0. The van der Waals surface area contributed by atoms with E-state index in [0.717, 1.165) is 37.2 Å². The van der Waals surface area contributed by atoms with E-state index in [1.54, 1.807) is 0 Å². The molecule has 1 aliphatic carbocycles. The first-order valence-electron chi connectivity index (χ1n) is 7.20. The molecule has 0 saturated carbocycles. The quantitative estimate of drug-likeness (QED) is 0.875. The van der Waals surface area contributed by atoms with Crippen LogP contribution in [0.4, 0.5) is 11.6 Å².